The molecule has 3 saturated heterocycles. The van der Waals surface area contributed by atoms with Crippen LogP contribution in [-0.2, 0) is 49.3 Å². The SMILES string of the molecule is CCC1CC(C(=O)CCCNC(=O)c2ccccc2CCCC(C)=O)C[C@@H](O[C@@H]2O[C@@H](CO)[C@H](O)C(O[C@@H](CC3CCCCC3)C(=O)N3CCC3)C2NC(C)=O)[C@@H]1O[C@@H]1OC(C)[C@@H](O)[C@H](O)C1O. The summed E-state index contributed by atoms with van der Waals surface area (Å²) in [5.41, 5.74) is 1.35. The van der Waals surface area contributed by atoms with Crippen LogP contribution in [0.1, 0.15) is 134 Å². The highest BCUT2D eigenvalue weighted by Crippen LogP contribution is 2.41. The summed E-state index contributed by atoms with van der Waals surface area (Å²) in [5.74, 6) is -1.72. The number of amides is 3. The van der Waals surface area contributed by atoms with Crippen molar-refractivity contribution in [2.75, 3.05) is 26.2 Å². The maximum atomic E-state index is 14.2. The quantitative estimate of drug-likeness (QED) is 0.0823. The van der Waals surface area contributed by atoms with Crippen molar-refractivity contribution in [2.24, 2.45) is 17.8 Å². The third kappa shape index (κ3) is 13.9. The zero-order valence-electron chi connectivity index (χ0n) is 40.2. The van der Waals surface area contributed by atoms with Crippen LogP contribution in [0.3, 0.4) is 0 Å². The number of rotatable bonds is 22. The van der Waals surface area contributed by atoms with Crippen molar-refractivity contribution in [3.05, 3.63) is 35.4 Å². The molecule has 5 fully saturated rings. The van der Waals surface area contributed by atoms with Crippen LogP contribution in [0.25, 0.3) is 0 Å². The molecule has 2 aliphatic carbocycles. The van der Waals surface area contributed by atoms with Crippen molar-refractivity contribution in [2.45, 2.75) is 204 Å². The molecule has 0 aromatic heterocycles. The van der Waals surface area contributed by atoms with Gasteiger partial charge in [-0.05, 0) is 82.3 Å². The van der Waals surface area contributed by atoms with Gasteiger partial charge in [0.25, 0.3) is 11.8 Å². The highest BCUT2D eigenvalue weighted by atomic mass is 16.7. The summed E-state index contributed by atoms with van der Waals surface area (Å²) >= 11 is 0. The average molecular weight is 960 g/mol. The number of aliphatic hydroxyl groups excluding tert-OH is 5. The summed E-state index contributed by atoms with van der Waals surface area (Å²) < 4.78 is 32.1. The molecule has 3 aliphatic heterocycles. The maximum Gasteiger partial charge on any atom is 0.251 e. The first kappa shape index (κ1) is 53.9. The number of ketones is 2. The van der Waals surface area contributed by atoms with Gasteiger partial charge in [0.1, 0.15) is 60.3 Å². The number of benzene rings is 1. The van der Waals surface area contributed by atoms with Gasteiger partial charge >= 0.3 is 0 Å². The summed E-state index contributed by atoms with van der Waals surface area (Å²) in [4.78, 5) is 67.6. The van der Waals surface area contributed by atoms with Crippen molar-refractivity contribution < 1.29 is 73.2 Å². The maximum absolute atomic E-state index is 14.2. The van der Waals surface area contributed by atoms with Crippen LogP contribution < -0.4 is 10.6 Å². The van der Waals surface area contributed by atoms with Crippen molar-refractivity contribution in [3.8, 4) is 0 Å². The van der Waals surface area contributed by atoms with Gasteiger partial charge in [0.15, 0.2) is 12.6 Å². The second-order valence-electron chi connectivity index (χ2n) is 19.8. The number of Topliss-reactive ketones (excluding diaryl/α,β-unsaturated/α-hetero) is 2. The largest absolute Gasteiger partial charge is 0.394 e. The van der Waals surface area contributed by atoms with E-state index in [9.17, 15) is 49.5 Å². The van der Waals surface area contributed by atoms with E-state index in [1.54, 1.807) is 24.0 Å². The molecule has 3 amide bonds. The molecule has 1 aromatic rings. The van der Waals surface area contributed by atoms with E-state index in [1.807, 2.05) is 19.1 Å². The summed E-state index contributed by atoms with van der Waals surface area (Å²) in [6.45, 7) is 7.03. The number of hydrogen-bond acceptors (Lipinski definition) is 15. The predicted molar refractivity (Wildman–Crippen MR) is 246 cm³/mol. The number of nitrogens with zero attached hydrogens (tertiary/aromatic N) is 1. The molecule has 6 unspecified atom stereocenters. The predicted octanol–water partition coefficient (Wildman–Crippen LogP) is 2.25. The van der Waals surface area contributed by atoms with Crippen LogP contribution in [0.4, 0.5) is 0 Å². The van der Waals surface area contributed by atoms with Crippen LogP contribution in [0, 0.1) is 17.8 Å². The van der Waals surface area contributed by atoms with Crippen LogP contribution in [0.15, 0.2) is 24.3 Å². The summed E-state index contributed by atoms with van der Waals surface area (Å²) in [7, 11) is 0. The Morgan fingerprint density at radius 2 is 1.57 bits per heavy atom. The molecule has 0 spiro atoms. The first-order valence-electron chi connectivity index (χ1n) is 25.1. The molecule has 3 heterocycles. The number of aryl methyl sites for hydroxylation is 1. The van der Waals surface area contributed by atoms with E-state index >= 15 is 0 Å². The minimum absolute atomic E-state index is 0.0752. The highest BCUT2D eigenvalue weighted by molar-refractivity contribution is 5.95. The lowest BCUT2D eigenvalue weighted by Crippen LogP contribution is -2.67. The van der Waals surface area contributed by atoms with Crippen molar-refractivity contribution >= 4 is 29.3 Å². The molecule has 1 aromatic carbocycles. The number of likely N-dealkylation sites (tertiary alicyclic amines) is 1. The number of carbonyl (C=O) groups excluding carboxylic acids is 5. The number of nitrogens with one attached hydrogen (secondary N) is 2. The van der Waals surface area contributed by atoms with Gasteiger partial charge in [-0.2, -0.15) is 0 Å². The van der Waals surface area contributed by atoms with Crippen LogP contribution in [-0.4, -0.2) is 166 Å². The summed E-state index contributed by atoms with van der Waals surface area (Å²) in [6.07, 6.45) is -5.86. The van der Waals surface area contributed by atoms with Crippen molar-refractivity contribution in [1.82, 2.24) is 15.5 Å². The summed E-state index contributed by atoms with van der Waals surface area (Å²) in [6, 6.07) is 6.03. The van der Waals surface area contributed by atoms with E-state index in [2.05, 4.69) is 10.6 Å². The number of aliphatic hydroxyl groups is 5. The van der Waals surface area contributed by atoms with Crippen LogP contribution in [0.5, 0.6) is 0 Å². The molecule has 382 valence electrons. The van der Waals surface area contributed by atoms with E-state index in [-0.39, 0.29) is 54.6 Å². The van der Waals surface area contributed by atoms with E-state index in [0.717, 1.165) is 44.1 Å². The normalized spacial score (nSPS) is 33.8. The minimum Gasteiger partial charge on any atom is -0.394 e. The second-order valence-corrected chi connectivity index (χ2v) is 19.8. The Labute approximate surface area is 400 Å². The van der Waals surface area contributed by atoms with E-state index in [1.165, 1.54) is 13.8 Å². The Kier molecular flexibility index (Phi) is 20.3. The zero-order chi connectivity index (χ0) is 49.1. The van der Waals surface area contributed by atoms with E-state index < -0.39 is 98.1 Å². The van der Waals surface area contributed by atoms with Gasteiger partial charge in [0.2, 0.25) is 5.91 Å². The Morgan fingerprint density at radius 3 is 2.24 bits per heavy atom. The molecule has 6 rings (SSSR count). The fourth-order valence-corrected chi connectivity index (χ4v) is 10.6. The number of ether oxygens (including phenoxy) is 5. The molecule has 5 aliphatic rings. The van der Waals surface area contributed by atoms with Crippen molar-refractivity contribution in [1.29, 1.82) is 0 Å². The number of carbonyl (C=O) groups is 5. The highest BCUT2D eigenvalue weighted by Gasteiger charge is 2.53. The Bertz CT molecular complexity index is 1830. The standard InChI is InChI=1S/C50H77N3O15/c1-5-32-25-34(36(57)20-12-21-51-47(62)35-19-10-9-17-33(35)18-11-14-28(2)55)26-37(45(32)68-50-44(61)43(60)41(58)29(3)64-50)66-49-40(52-30(4)56)46(42(59)39(27-54)67-49)65-38(48(63)53-22-13-23-53)24-31-15-7-6-8-16-31/h9-10,17,19,29,31-32,34,37-46,49-50,54,58-61H,5-8,11-16,18,20-27H2,1-4H3,(H,51,62)(H,52,56)/t29?,32?,34?,37-,38+,39+,40?,41-,42+,43+,44?,45-,46?,49-,50+/m1/s1. The lowest BCUT2D eigenvalue weighted by atomic mass is 9.74. The Balaban J connectivity index is 1.22. The van der Waals surface area contributed by atoms with Gasteiger partial charge < -0.3 is 69.5 Å². The summed E-state index contributed by atoms with van der Waals surface area (Å²) in [5, 5.41) is 60.4. The third-order valence-electron chi connectivity index (χ3n) is 14.7. The molecule has 7 N–H and O–H groups in total. The molecular formula is C50H77N3O15. The van der Waals surface area contributed by atoms with Crippen LogP contribution in [0.2, 0.25) is 0 Å². The first-order valence-corrected chi connectivity index (χ1v) is 25.1. The molecule has 2 saturated carbocycles. The van der Waals surface area contributed by atoms with Crippen LogP contribution >= 0.6 is 0 Å². The molecule has 18 heteroatoms. The van der Waals surface area contributed by atoms with Crippen molar-refractivity contribution in [3.63, 3.8) is 0 Å². The molecule has 18 nitrogen and oxygen atoms in total. The number of hydrogen-bond donors (Lipinski definition) is 7. The van der Waals surface area contributed by atoms with Gasteiger partial charge in [0.05, 0.1) is 24.9 Å². The van der Waals surface area contributed by atoms with E-state index in [4.69, 9.17) is 23.7 Å². The zero-order valence-corrected chi connectivity index (χ0v) is 40.2. The monoisotopic (exact) mass is 960 g/mol. The van der Waals surface area contributed by atoms with Gasteiger partial charge in [-0.1, -0.05) is 63.6 Å². The second kappa shape index (κ2) is 25.6. The van der Waals surface area contributed by atoms with Gasteiger partial charge in [0, 0.05) is 50.9 Å². The minimum atomic E-state index is -1.64. The lowest BCUT2D eigenvalue weighted by molar-refractivity contribution is -0.338. The van der Waals surface area contributed by atoms with Gasteiger partial charge in [-0.25, -0.2) is 0 Å². The Morgan fingerprint density at radius 1 is 0.838 bits per heavy atom. The molecular weight excluding hydrogens is 883 g/mol. The molecule has 0 radical (unpaired) electrons. The Hall–Kier alpha value is -3.43. The lowest BCUT2D eigenvalue weighted by Gasteiger charge is -2.49. The molecule has 15 atom stereocenters. The third-order valence-corrected chi connectivity index (χ3v) is 14.7. The molecule has 68 heavy (non-hydrogen) atoms. The van der Waals surface area contributed by atoms with E-state index in [0.29, 0.717) is 63.6 Å². The van der Waals surface area contributed by atoms with Gasteiger partial charge in [-0.15, -0.1) is 0 Å². The van der Waals surface area contributed by atoms with Gasteiger partial charge in [-0.3, -0.25) is 19.2 Å². The smallest absolute Gasteiger partial charge is 0.251 e. The topological polar surface area (TPSA) is 260 Å². The fraction of sp³-hybridized carbons (Fsp3) is 0.780. The molecule has 0 bridgehead atoms. The average Bonchev–Trinajstić information content (AvgIpc) is 3.30. The fourth-order valence-electron chi connectivity index (χ4n) is 10.6. The first-order chi connectivity index (χ1) is 32.6.